The van der Waals surface area contributed by atoms with Crippen LogP contribution in [0.25, 0.3) is 16.9 Å². The topological polar surface area (TPSA) is 52.8 Å². The first-order valence-electron chi connectivity index (χ1n) is 11.7. The number of aromatic hydroxyl groups is 1. The van der Waals surface area contributed by atoms with Crippen LogP contribution in [0, 0.1) is 11.6 Å². The first kappa shape index (κ1) is 22.3. The molecule has 0 spiro atoms. The lowest BCUT2D eigenvalue weighted by Gasteiger charge is -2.34. The maximum absolute atomic E-state index is 13.9. The molecule has 0 saturated carbocycles. The number of piperidine rings is 1. The van der Waals surface area contributed by atoms with E-state index in [4.69, 9.17) is 0 Å². The molecule has 0 unspecified atom stereocenters. The highest BCUT2D eigenvalue weighted by Crippen LogP contribution is 2.33. The van der Waals surface area contributed by atoms with Crippen molar-refractivity contribution in [3.8, 4) is 17.0 Å². The zero-order valence-electron chi connectivity index (χ0n) is 19.3. The summed E-state index contributed by atoms with van der Waals surface area (Å²) in [6, 6.07) is 15.0. The van der Waals surface area contributed by atoms with Gasteiger partial charge >= 0.3 is 0 Å². The van der Waals surface area contributed by atoms with Crippen LogP contribution in [0.5, 0.6) is 5.75 Å². The van der Waals surface area contributed by atoms with E-state index in [1.807, 2.05) is 6.07 Å². The second kappa shape index (κ2) is 9.06. The van der Waals surface area contributed by atoms with E-state index < -0.39 is 17.4 Å². The third-order valence-corrected chi connectivity index (χ3v) is 6.78. The van der Waals surface area contributed by atoms with Gasteiger partial charge in [0.15, 0.2) is 23.0 Å². The fraction of sp³-hybridized carbons (Fsp3) is 0.296. The molecule has 0 bridgehead atoms. The van der Waals surface area contributed by atoms with E-state index in [9.17, 15) is 13.9 Å². The van der Waals surface area contributed by atoms with Crippen LogP contribution < -0.4 is 5.32 Å². The van der Waals surface area contributed by atoms with Gasteiger partial charge in [-0.3, -0.25) is 4.40 Å². The number of rotatable bonds is 5. The number of nitrogens with zero attached hydrogens (tertiary/aromatic N) is 3. The summed E-state index contributed by atoms with van der Waals surface area (Å²) in [6.45, 7) is 6.79. The summed E-state index contributed by atoms with van der Waals surface area (Å²) in [5, 5.41) is 12.8. The Labute approximate surface area is 197 Å². The van der Waals surface area contributed by atoms with E-state index in [1.54, 1.807) is 22.9 Å². The molecule has 1 aliphatic heterocycles. The molecule has 0 radical (unpaired) electrons. The van der Waals surface area contributed by atoms with Crippen LogP contribution in [0.1, 0.15) is 38.2 Å². The zero-order valence-corrected chi connectivity index (χ0v) is 19.3. The Morgan fingerprint density at radius 1 is 1.00 bits per heavy atom. The van der Waals surface area contributed by atoms with Crippen molar-refractivity contribution in [2.45, 2.75) is 38.6 Å². The number of imidazole rings is 1. The minimum Gasteiger partial charge on any atom is -0.503 e. The van der Waals surface area contributed by atoms with Gasteiger partial charge in [-0.2, -0.15) is 0 Å². The molecule has 176 valence electrons. The lowest BCUT2D eigenvalue weighted by atomic mass is 9.89. The van der Waals surface area contributed by atoms with E-state index >= 15 is 0 Å². The van der Waals surface area contributed by atoms with Gasteiger partial charge in [-0.05, 0) is 87.7 Å². The van der Waals surface area contributed by atoms with Gasteiger partial charge < -0.3 is 15.3 Å². The van der Waals surface area contributed by atoms with Crippen molar-refractivity contribution in [3.63, 3.8) is 0 Å². The number of aromatic nitrogens is 2. The number of benzene rings is 2. The average Bonchev–Trinajstić information content (AvgIpc) is 3.33. The number of anilines is 2. The van der Waals surface area contributed by atoms with Gasteiger partial charge in [0.25, 0.3) is 0 Å². The monoisotopic (exact) mass is 462 g/mol. The number of pyridine rings is 1. The Morgan fingerprint density at radius 2 is 1.68 bits per heavy atom. The lowest BCUT2D eigenvalue weighted by Crippen LogP contribution is -2.37. The molecule has 1 aliphatic rings. The maximum Gasteiger partial charge on any atom is 0.187 e. The highest BCUT2D eigenvalue weighted by Gasteiger charge is 2.22. The third-order valence-electron chi connectivity index (χ3n) is 6.78. The largest absolute Gasteiger partial charge is 0.503 e. The van der Waals surface area contributed by atoms with Crippen LogP contribution in [0.3, 0.4) is 0 Å². The molecular weight excluding hydrogens is 434 g/mol. The smallest absolute Gasteiger partial charge is 0.187 e. The van der Waals surface area contributed by atoms with Gasteiger partial charge in [-0.15, -0.1) is 0 Å². The Morgan fingerprint density at radius 3 is 2.32 bits per heavy atom. The number of halogens is 2. The number of fused-ring (bicyclic) bond motifs is 1. The molecule has 4 aromatic rings. The van der Waals surface area contributed by atoms with Crippen molar-refractivity contribution < 1.29 is 13.9 Å². The summed E-state index contributed by atoms with van der Waals surface area (Å²) in [6.07, 6.45) is 5.74. The number of phenols is 1. The van der Waals surface area contributed by atoms with E-state index in [0.717, 1.165) is 36.6 Å². The quantitative estimate of drug-likeness (QED) is 0.365. The van der Waals surface area contributed by atoms with Crippen LogP contribution in [0.2, 0.25) is 0 Å². The van der Waals surface area contributed by atoms with Gasteiger partial charge in [0.2, 0.25) is 0 Å². The molecule has 0 amide bonds. The molecule has 7 heteroatoms. The number of phenolic OH excluding ortho intramolecular Hbond substituents is 1. The molecule has 2 aromatic heterocycles. The molecule has 0 atom stereocenters. The van der Waals surface area contributed by atoms with Crippen molar-refractivity contribution >= 4 is 17.0 Å². The molecular formula is C27H28F2N4O. The van der Waals surface area contributed by atoms with Crippen LogP contribution in [-0.2, 0) is 0 Å². The second-order valence-corrected chi connectivity index (χ2v) is 9.19. The van der Waals surface area contributed by atoms with Crippen LogP contribution in [0.15, 0.2) is 60.9 Å². The first-order chi connectivity index (χ1) is 16.4. The number of nitrogens with one attached hydrogen (secondary N) is 1. The Balaban J connectivity index is 1.36. The van der Waals surface area contributed by atoms with Gasteiger partial charge in [0.05, 0.1) is 11.4 Å². The van der Waals surface area contributed by atoms with Crippen molar-refractivity contribution in [2.24, 2.45) is 0 Å². The lowest BCUT2D eigenvalue weighted by molar-refractivity contribution is 0.172. The molecule has 2 N–H and O–H groups in total. The molecule has 5 nitrogen and oxygen atoms in total. The van der Waals surface area contributed by atoms with Gasteiger partial charge in [0, 0.05) is 29.7 Å². The Bertz CT molecular complexity index is 1290. The van der Waals surface area contributed by atoms with E-state index in [1.165, 1.54) is 18.4 Å². The fourth-order valence-corrected chi connectivity index (χ4v) is 4.80. The highest BCUT2D eigenvalue weighted by atomic mass is 19.1. The SMILES string of the molecule is CC(C)N1CCC(c2ccc(Nc3ccc(-c4cc(F)c(O)c(F)c4)n4ccnc34)cc2)CC1. The number of likely N-dealkylation sites (tertiary alicyclic amines) is 1. The summed E-state index contributed by atoms with van der Waals surface area (Å²) >= 11 is 0. The maximum atomic E-state index is 13.9. The summed E-state index contributed by atoms with van der Waals surface area (Å²) in [5.41, 5.74) is 4.62. The first-order valence-corrected chi connectivity index (χ1v) is 11.7. The summed E-state index contributed by atoms with van der Waals surface area (Å²) in [5.74, 6) is -2.38. The minimum absolute atomic E-state index is 0.315. The summed E-state index contributed by atoms with van der Waals surface area (Å²) in [7, 11) is 0. The normalized spacial score (nSPS) is 15.3. The summed E-state index contributed by atoms with van der Waals surface area (Å²) < 4.78 is 29.6. The predicted molar refractivity (Wildman–Crippen MR) is 131 cm³/mol. The molecule has 2 aromatic carbocycles. The Kier molecular flexibility index (Phi) is 5.96. The molecule has 3 heterocycles. The van der Waals surface area contributed by atoms with Crippen molar-refractivity contribution in [1.29, 1.82) is 0 Å². The fourth-order valence-electron chi connectivity index (χ4n) is 4.80. The van der Waals surface area contributed by atoms with Crippen molar-refractivity contribution in [1.82, 2.24) is 14.3 Å². The average molecular weight is 463 g/mol. The molecule has 34 heavy (non-hydrogen) atoms. The standard InChI is InChI=1S/C27H28F2N4O/c1-17(2)32-12-9-19(10-13-32)18-3-5-21(6-4-18)31-24-7-8-25(33-14-11-30-27(24)33)20-15-22(28)26(34)23(29)16-20/h3-8,11,14-17,19,31,34H,9-10,12-13H2,1-2H3. The zero-order chi connectivity index (χ0) is 23.8. The Hall–Kier alpha value is -3.45. The molecule has 5 rings (SSSR count). The van der Waals surface area contributed by atoms with Gasteiger partial charge in [0.1, 0.15) is 0 Å². The third kappa shape index (κ3) is 4.23. The highest BCUT2D eigenvalue weighted by molar-refractivity contribution is 5.78. The van der Waals surface area contributed by atoms with Crippen LogP contribution >= 0.6 is 0 Å². The van der Waals surface area contributed by atoms with Crippen molar-refractivity contribution in [3.05, 3.63) is 78.1 Å². The van der Waals surface area contributed by atoms with E-state index in [0.29, 0.717) is 28.9 Å². The number of hydrogen-bond donors (Lipinski definition) is 2. The molecule has 1 fully saturated rings. The van der Waals surface area contributed by atoms with Crippen molar-refractivity contribution in [2.75, 3.05) is 18.4 Å². The van der Waals surface area contributed by atoms with Crippen LogP contribution in [0.4, 0.5) is 20.2 Å². The second-order valence-electron chi connectivity index (χ2n) is 9.19. The van der Waals surface area contributed by atoms with E-state index in [-0.39, 0.29) is 0 Å². The molecule has 0 aliphatic carbocycles. The minimum atomic E-state index is -1.000. The van der Waals surface area contributed by atoms with E-state index in [2.05, 4.69) is 53.3 Å². The predicted octanol–water partition coefficient (Wildman–Crippen LogP) is 6.32. The van der Waals surface area contributed by atoms with Gasteiger partial charge in [-0.1, -0.05) is 12.1 Å². The number of hydrogen-bond acceptors (Lipinski definition) is 4. The van der Waals surface area contributed by atoms with Gasteiger partial charge in [-0.25, -0.2) is 13.8 Å². The summed E-state index contributed by atoms with van der Waals surface area (Å²) in [4.78, 5) is 6.97. The molecule has 1 saturated heterocycles. The van der Waals surface area contributed by atoms with Crippen LogP contribution in [-0.4, -0.2) is 38.5 Å².